The first-order valence-electron chi connectivity index (χ1n) is 5.01. The summed E-state index contributed by atoms with van der Waals surface area (Å²) in [5.41, 5.74) is 0. The van der Waals surface area contributed by atoms with E-state index in [2.05, 4.69) is 15.4 Å². The second-order valence-corrected chi connectivity index (χ2v) is 2.78. The van der Waals surface area contributed by atoms with Crippen LogP contribution in [0.15, 0.2) is 0 Å². The summed E-state index contributed by atoms with van der Waals surface area (Å²) in [6, 6.07) is 0. The van der Waals surface area contributed by atoms with Crippen LogP contribution in [0.25, 0.3) is 0 Å². The van der Waals surface area contributed by atoms with Gasteiger partial charge in [0.05, 0.1) is 0 Å². The third-order valence-corrected chi connectivity index (χ3v) is 1.99. The molecule has 2 heterocycles. The van der Waals surface area contributed by atoms with E-state index in [9.17, 15) is 0 Å². The maximum absolute atomic E-state index is 4.31. The first kappa shape index (κ1) is 10.0. The van der Waals surface area contributed by atoms with E-state index in [0.717, 1.165) is 24.7 Å². The Hall–Kier alpha value is -1.06. The Morgan fingerprint density at radius 2 is 2.08 bits per heavy atom. The molecule has 4 heteroatoms. The summed E-state index contributed by atoms with van der Waals surface area (Å²) in [4.78, 5) is 4.31. The van der Waals surface area contributed by atoms with Crippen molar-refractivity contribution in [3.63, 3.8) is 0 Å². The molecule has 13 heavy (non-hydrogen) atoms. The zero-order chi connectivity index (χ0) is 9.68. The smallest absolute Gasteiger partial charge is 0.242 e. The molecule has 1 N–H and O–H groups in total. The lowest BCUT2D eigenvalue weighted by Gasteiger charge is -2.09. The van der Waals surface area contributed by atoms with Crippen LogP contribution in [0, 0.1) is 0 Å². The van der Waals surface area contributed by atoms with Gasteiger partial charge in [0.25, 0.3) is 0 Å². The highest BCUT2D eigenvalue weighted by Crippen LogP contribution is 2.13. The van der Waals surface area contributed by atoms with E-state index in [0.29, 0.717) is 0 Å². The highest BCUT2D eigenvalue weighted by molar-refractivity contribution is 5.21. The summed E-state index contributed by atoms with van der Waals surface area (Å²) >= 11 is 0. The van der Waals surface area contributed by atoms with Gasteiger partial charge in [-0.3, -0.25) is 0 Å². The summed E-state index contributed by atoms with van der Waals surface area (Å²) < 4.78 is 2.00. The lowest BCUT2D eigenvalue weighted by Crippen LogP contribution is -2.11. The second kappa shape index (κ2) is 4.84. The van der Waals surface area contributed by atoms with Crippen molar-refractivity contribution in [2.75, 3.05) is 12.4 Å². The maximum atomic E-state index is 4.31. The standard InChI is InChI=1S/C7H12N4.C2H6/c1-8-7-9-6-4-2-3-5-11(6)10-7;1-2/h2-5H2,1H3,(H,8,10);1-2H3. The van der Waals surface area contributed by atoms with Gasteiger partial charge < -0.3 is 5.32 Å². The van der Waals surface area contributed by atoms with Crippen LogP contribution in [0.5, 0.6) is 0 Å². The number of hydrogen-bond acceptors (Lipinski definition) is 3. The van der Waals surface area contributed by atoms with Crippen LogP contribution < -0.4 is 5.32 Å². The monoisotopic (exact) mass is 182 g/mol. The van der Waals surface area contributed by atoms with Gasteiger partial charge in [-0.1, -0.05) is 13.8 Å². The number of hydrogen-bond donors (Lipinski definition) is 1. The molecule has 0 bridgehead atoms. The minimum Gasteiger partial charge on any atom is -0.356 e. The van der Waals surface area contributed by atoms with Gasteiger partial charge in [-0.15, -0.1) is 5.10 Å². The molecule has 2 rings (SSSR count). The van der Waals surface area contributed by atoms with Gasteiger partial charge in [0.1, 0.15) is 5.82 Å². The van der Waals surface area contributed by atoms with Crippen molar-refractivity contribution in [2.24, 2.45) is 0 Å². The van der Waals surface area contributed by atoms with E-state index < -0.39 is 0 Å². The van der Waals surface area contributed by atoms with Gasteiger partial charge in [0.15, 0.2) is 0 Å². The van der Waals surface area contributed by atoms with Gasteiger partial charge in [0, 0.05) is 20.0 Å². The van der Waals surface area contributed by atoms with Crippen molar-refractivity contribution in [3.8, 4) is 0 Å². The van der Waals surface area contributed by atoms with E-state index in [1.54, 1.807) is 0 Å². The van der Waals surface area contributed by atoms with Crippen LogP contribution in [-0.4, -0.2) is 21.8 Å². The molecule has 0 unspecified atom stereocenters. The Kier molecular flexibility index (Phi) is 3.73. The predicted octanol–water partition coefficient (Wildman–Crippen LogP) is 1.68. The van der Waals surface area contributed by atoms with Crippen molar-refractivity contribution in [1.82, 2.24) is 14.8 Å². The Morgan fingerprint density at radius 3 is 2.69 bits per heavy atom. The van der Waals surface area contributed by atoms with Crippen LogP contribution in [0.1, 0.15) is 32.5 Å². The van der Waals surface area contributed by atoms with Crippen LogP contribution in [0.2, 0.25) is 0 Å². The summed E-state index contributed by atoms with van der Waals surface area (Å²) in [5.74, 6) is 1.88. The zero-order valence-corrected chi connectivity index (χ0v) is 8.67. The van der Waals surface area contributed by atoms with Crippen LogP contribution in [0.4, 0.5) is 5.95 Å². The van der Waals surface area contributed by atoms with Crippen LogP contribution in [0.3, 0.4) is 0 Å². The molecule has 0 atom stereocenters. The molecule has 0 fully saturated rings. The van der Waals surface area contributed by atoms with Crippen molar-refractivity contribution in [1.29, 1.82) is 0 Å². The Bertz CT molecular complexity index is 231. The number of anilines is 1. The molecule has 0 saturated carbocycles. The quantitative estimate of drug-likeness (QED) is 0.718. The number of fused-ring (bicyclic) bond motifs is 1. The molecular weight excluding hydrogens is 164 g/mol. The minimum absolute atomic E-state index is 0.752. The van der Waals surface area contributed by atoms with Crippen molar-refractivity contribution < 1.29 is 0 Å². The SMILES string of the molecule is CC.CNc1nc2n(n1)CCCC2. The summed E-state index contributed by atoms with van der Waals surface area (Å²) in [6.07, 6.45) is 3.57. The summed E-state index contributed by atoms with van der Waals surface area (Å²) in [7, 11) is 1.85. The molecule has 0 amide bonds. The van der Waals surface area contributed by atoms with Gasteiger partial charge in [0.2, 0.25) is 5.95 Å². The first-order valence-corrected chi connectivity index (χ1v) is 5.01. The lowest BCUT2D eigenvalue weighted by atomic mass is 10.2. The molecule has 1 aliphatic heterocycles. The molecule has 4 nitrogen and oxygen atoms in total. The third kappa shape index (κ3) is 2.20. The fourth-order valence-electron chi connectivity index (χ4n) is 1.39. The number of nitrogens with zero attached hydrogens (tertiary/aromatic N) is 3. The number of nitrogens with one attached hydrogen (secondary N) is 1. The molecule has 0 saturated heterocycles. The number of aryl methyl sites for hydroxylation is 2. The third-order valence-electron chi connectivity index (χ3n) is 1.99. The van der Waals surface area contributed by atoms with Gasteiger partial charge in [-0.05, 0) is 12.8 Å². The van der Waals surface area contributed by atoms with Crippen molar-refractivity contribution in [2.45, 2.75) is 39.7 Å². The largest absolute Gasteiger partial charge is 0.356 e. The highest BCUT2D eigenvalue weighted by Gasteiger charge is 2.12. The Labute approximate surface area is 79.4 Å². The summed E-state index contributed by atoms with van der Waals surface area (Å²) in [6.45, 7) is 5.03. The molecule has 1 aromatic rings. The van der Waals surface area contributed by atoms with Crippen molar-refractivity contribution in [3.05, 3.63) is 5.82 Å². The summed E-state index contributed by atoms with van der Waals surface area (Å²) in [5, 5.41) is 7.20. The normalized spacial score (nSPS) is 14.1. The molecule has 1 aliphatic rings. The molecule has 0 aromatic carbocycles. The van der Waals surface area contributed by atoms with Gasteiger partial charge in [-0.2, -0.15) is 4.98 Å². The predicted molar refractivity (Wildman–Crippen MR) is 53.9 cm³/mol. The van der Waals surface area contributed by atoms with E-state index >= 15 is 0 Å². The van der Waals surface area contributed by atoms with E-state index in [4.69, 9.17) is 0 Å². The van der Waals surface area contributed by atoms with Gasteiger partial charge in [-0.25, -0.2) is 4.68 Å². The first-order chi connectivity index (χ1) is 6.40. The minimum atomic E-state index is 0.752. The average Bonchev–Trinajstić information content (AvgIpc) is 2.63. The van der Waals surface area contributed by atoms with E-state index in [-0.39, 0.29) is 0 Å². The molecule has 0 radical (unpaired) electrons. The fraction of sp³-hybridized carbons (Fsp3) is 0.778. The fourth-order valence-corrected chi connectivity index (χ4v) is 1.39. The van der Waals surface area contributed by atoms with E-state index in [1.165, 1.54) is 12.8 Å². The second-order valence-electron chi connectivity index (χ2n) is 2.78. The molecular formula is C9H18N4. The maximum Gasteiger partial charge on any atom is 0.242 e. The topological polar surface area (TPSA) is 42.7 Å². The van der Waals surface area contributed by atoms with Gasteiger partial charge >= 0.3 is 0 Å². The average molecular weight is 182 g/mol. The molecule has 74 valence electrons. The Morgan fingerprint density at radius 1 is 1.31 bits per heavy atom. The number of rotatable bonds is 1. The molecule has 1 aromatic heterocycles. The zero-order valence-electron chi connectivity index (χ0n) is 8.67. The Balaban J connectivity index is 0.000000396. The molecule has 0 aliphatic carbocycles. The number of aromatic nitrogens is 3. The lowest BCUT2D eigenvalue weighted by molar-refractivity contribution is 0.480. The van der Waals surface area contributed by atoms with Crippen molar-refractivity contribution >= 4 is 5.95 Å². The van der Waals surface area contributed by atoms with Crippen LogP contribution >= 0.6 is 0 Å². The van der Waals surface area contributed by atoms with Crippen LogP contribution in [-0.2, 0) is 13.0 Å². The highest BCUT2D eigenvalue weighted by atomic mass is 15.4. The molecule has 0 spiro atoms. The van der Waals surface area contributed by atoms with E-state index in [1.807, 2.05) is 25.6 Å².